The van der Waals surface area contributed by atoms with Crippen LogP contribution in [0.5, 0.6) is 0 Å². The number of hydrogen-bond acceptors (Lipinski definition) is 4. The topological polar surface area (TPSA) is 87.1 Å². The van der Waals surface area contributed by atoms with Crippen molar-refractivity contribution >= 4 is 0 Å². The average molecular weight is 239 g/mol. The Hall–Kier alpha value is -1.40. The second kappa shape index (κ2) is 4.85. The van der Waals surface area contributed by atoms with E-state index in [9.17, 15) is 9.59 Å². The van der Waals surface area contributed by atoms with Gasteiger partial charge in [0.2, 0.25) is 0 Å². The predicted octanol–water partition coefficient (Wildman–Crippen LogP) is -1.01. The summed E-state index contributed by atoms with van der Waals surface area (Å²) in [5.41, 5.74) is -0.0759. The number of aliphatic hydroxyl groups is 1. The number of H-pyrrole nitrogens is 1. The molecule has 1 aliphatic heterocycles. The highest BCUT2D eigenvalue weighted by Gasteiger charge is 2.25. The van der Waals surface area contributed by atoms with E-state index in [0.717, 1.165) is 0 Å². The van der Waals surface area contributed by atoms with Crippen LogP contribution in [0, 0.1) is 0 Å². The molecule has 0 aromatic carbocycles. The van der Waals surface area contributed by atoms with Crippen LogP contribution in [0.4, 0.5) is 0 Å². The summed E-state index contributed by atoms with van der Waals surface area (Å²) < 4.78 is 1.56. The molecule has 1 aromatic heterocycles. The molecule has 0 aliphatic carbocycles. The quantitative estimate of drug-likeness (QED) is 0.631. The van der Waals surface area contributed by atoms with Crippen molar-refractivity contribution in [3.63, 3.8) is 0 Å². The van der Waals surface area contributed by atoms with E-state index in [0.29, 0.717) is 24.9 Å². The Balaban J connectivity index is 2.33. The van der Waals surface area contributed by atoms with Gasteiger partial charge in [-0.25, -0.2) is 4.79 Å². The standard InChI is InChI=1S/C11H17N3O3/c1-2-7-5-14(11(17)13-10(7)16)9-3-8(6-15)12-4-9/h5,8-9,12,15H,2-4,6H2,1H3,(H,13,16,17)/t8-,9-/m0/s1. The molecule has 1 saturated heterocycles. The first-order valence-electron chi connectivity index (χ1n) is 5.84. The van der Waals surface area contributed by atoms with E-state index in [2.05, 4.69) is 10.3 Å². The third kappa shape index (κ3) is 2.32. The van der Waals surface area contributed by atoms with Crippen LogP contribution in [0.2, 0.25) is 0 Å². The van der Waals surface area contributed by atoms with Gasteiger partial charge in [-0.2, -0.15) is 0 Å². The number of nitrogens with zero attached hydrogens (tertiary/aromatic N) is 1. The second-order valence-corrected chi connectivity index (χ2v) is 4.35. The monoisotopic (exact) mass is 239 g/mol. The van der Waals surface area contributed by atoms with Crippen molar-refractivity contribution in [1.29, 1.82) is 0 Å². The van der Waals surface area contributed by atoms with Gasteiger partial charge in [-0.05, 0) is 12.8 Å². The van der Waals surface area contributed by atoms with Gasteiger partial charge in [0, 0.05) is 24.3 Å². The highest BCUT2D eigenvalue weighted by molar-refractivity contribution is 5.05. The van der Waals surface area contributed by atoms with E-state index in [1.807, 2.05) is 6.92 Å². The molecule has 0 spiro atoms. The van der Waals surface area contributed by atoms with Gasteiger partial charge in [-0.1, -0.05) is 6.92 Å². The maximum atomic E-state index is 11.7. The minimum atomic E-state index is -0.377. The fourth-order valence-electron chi connectivity index (χ4n) is 2.20. The van der Waals surface area contributed by atoms with Crippen molar-refractivity contribution in [2.75, 3.05) is 13.2 Å². The van der Waals surface area contributed by atoms with Crippen LogP contribution in [-0.2, 0) is 6.42 Å². The van der Waals surface area contributed by atoms with Gasteiger partial charge in [0.25, 0.3) is 5.56 Å². The van der Waals surface area contributed by atoms with Crippen molar-refractivity contribution in [3.05, 3.63) is 32.6 Å². The van der Waals surface area contributed by atoms with Crippen LogP contribution in [0.15, 0.2) is 15.8 Å². The summed E-state index contributed by atoms with van der Waals surface area (Å²) in [6, 6.07) is 0.0331. The highest BCUT2D eigenvalue weighted by Crippen LogP contribution is 2.17. The Kier molecular flexibility index (Phi) is 3.44. The van der Waals surface area contributed by atoms with Crippen LogP contribution in [-0.4, -0.2) is 33.9 Å². The van der Waals surface area contributed by atoms with E-state index in [1.165, 1.54) is 0 Å². The number of hydrogen-bond donors (Lipinski definition) is 3. The molecule has 2 rings (SSSR count). The van der Waals surface area contributed by atoms with Crippen LogP contribution >= 0.6 is 0 Å². The van der Waals surface area contributed by atoms with Crippen LogP contribution < -0.4 is 16.6 Å². The van der Waals surface area contributed by atoms with Crippen molar-refractivity contribution < 1.29 is 5.11 Å². The number of aromatic nitrogens is 2. The molecule has 0 radical (unpaired) electrons. The summed E-state index contributed by atoms with van der Waals surface area (Å²) in [5.74, 6) is 0. The lowest BCUT2D eigenvalue weighted by Crippen LogP contribution is -2.34. The highest BCUT2D eigenvalue weighted by atomic mass is 16.3. The summed E-state index contributed by atoms with van der Waals surface area (Å²) in [7, 11) is 0. The molecular weight excluding hydrogens is 222 g/mol. The molecule has 0 bridgehead atoms. The molecule has 6 nitrogen and oxygen atoms in total. The number of aliphatic hydroxyl groups excluding tert-OH is 1. The van der Waals surface area contributed by atoms with Crippen molar-refractivity contribution in [3.8, 4) is 0 Å². The normalized spacial score (nSPS) is 24.1. The lowest BCUT2D eigenvalue weighted by atomic mass is 10.1. The first-order chi connectivity index (χ1) is 8.15. The van der Waals surface area contributed by atoms with Crippen molar-refractivity contribution in [1.82, 2.24) is 14.9 Å². The van der Waals surface area contributed by atoms with E-state index >= 15 is 0 Å². The molecule has 1 aliphatic rings. The van der Waals surface area contributed by atoms with Crippen LogP contribution in [0.3, 0.4) is 0 Å². The van der Waals surface area contributed by atoms with Gasteiger partial charge in [0.1, 0.15) is 0 Å². The SMILES string of the molecule is CCc1cn([C@@H]2CN[C@H](CO)C2)c(=O)[nH]c1=O. The second-order valence-electron chi connectivity index (χ2n) is 4.35. The van der Waals surface area contributed by atoms with Crippen LogP contribution in [0.25, 0.3) is 0 Å². The Morgan fingerprint density at radius 3 is 2.88 bits per heavy atom. The molecule has 2 heterocycles. The molecule has 1 fully saturated rings. The maximum Gasteiger partial charge on any atom is 0.328 e. The first kappa shape index (κ1) is 12.1. The molecule has 3 N–H and O–H groups in total. The van der Waals surface area contributed by atoms with Crippen molar-refractivity contribution in [2.24, 2.45) is 0 Å². The molecule has 0 saturated carbocycles. The van der Waals surface area contributed by atoms with Gasteiger partial charge >= 0.3 is 5.69 Å². The fraction of sp³-hybridized carbons (Fsp3) is 0.636. The van der Waals surface area contributed by atoms with Gasteiger partial charge < -0.3 is 10.4 Å². The molecule has 17 heavy (non-hydrogen) atoms. The largest absolute Gasteiger partial charge is 0.395 e. The third-order valence-corrected chi connectivity index (χ3v) is 3.23. The Morgan fingerprint density at radius 1 is 1.53 bits per heavy atom. The van der Waals surface area contributed by atoms with E-state index < -0.39 is 0 Å². The number of aromatic amines is 1. The molecule has 94 valence electrons. The summed E-state index contributed by atoms with van der Waals surface area (Å²) in [4.78, 5) is 25.5. The molecule has 2 atom stereocenters. The molecule has 6 heteroatoms. The molecule has 1 aromatic rings. The first-order valence-corrected chi connectivity index (χ1v) is 5.84. The van der Waals surface area contributed by atoms with E-state index in [4.69, 9.17) is 5.11 Å². The van der Waals surface area contributed by atoms with Gasteiger partial charge in [0.15, 0.2) is 0 Å². The lowest BCUT2D eigenvalue weighted by molar-refractivity contribution is 0.252. The van der Waals surface area contributed by atoms with Crippen LogP contribution in [0.1, 0.15) is 24.9 Å². The van der Waals surface area contributed by atoms with Gasteiger partial charge in [-0.3, -0.25) is 14.3 Å². The van der Waals surface area contributed by atoms with Gasteiger partial charge in [-0.15, -0.1) is 0 Å². The minimum absolute atomic E-state index is 0.00167. The zero-order valence-electron chi connectivity index (χ0n) is 9.77. The average Bonchev–Trinajstić information content (AvgIpc) is 2.78. The Labute approximate surface area is 98.3 Å². The molecular formula is C11H17N3O3. The fourth-order valence-corrected chi connectivity index (χ4v) is 2.20. The molecule has 0 amide bonds. The Bertz CT molecular complexity index is 505. The van der Waals surface area contributed by atoms with Crippen molar-refractivity contribution in [2.45, 2.75) is 31.8 Å². The summed E-state index contributed by atoms with van der Waals surface area (Å²) in [5, 5.41) is 12.2. The smallest absolute Gasteiger partial charge is 0.328 e. The third-order valence-electron chi connectivity index (χ3n) is 3.23. The summed E-state index contributed by atoms with van der Waals surface area (Å²) >= 11 is 0. The number of rotatable bonds is 3. The van der Waals surface area contributed by atoms with Gasteiger partial charge in [0.05, 0.1) is 12.6 Å². The number of nitrogens with one attached hydrogen (secondary N) is 2. The zero-order valence-corrected chi connectivity index (χ0v) is 9.77. The zero-order chi connectivity index (χ0) is 12.4. The number of aryl methyl sites for hydroxylation is 1. The molecule has 0 unspecified atom stereocenters. The van der Waals surface area contributed by atoms with E-state index in [1.54, 1.807) is 10.8 Å². The summed E-state index contributed by atoms with van der Waals surface area (Å²) in [6.45, 7) is 2.58. The van der Waals surface area contributed by atoms with E-state index in [-0.39, 0.29) is 29.9 Å². The predicted molar refractivity (Wildman–Crippen MR) is 63.2 cm³/mol. The maximum absolute atomic E-state index is 11.7. The summed E-state index contributed by atoms with van der Waals surface area (Å²) in [6.07, 6.45) is 2.93. The Morgan fingerprint density at radius 2 is 2.29 bits per heavy atom. The lowest BCUT2D eigenvalue weighted by Gasteiger charge is -2.13. The minimum Gasteiger partial charge on any atom is -0.395 e.